The molecule has 3 nitrogen and oxygen atoms in total. The van der Waals surface area contributed by atoms with Gasteiger partial charge in [0.2, 0.25) is 5.91 Å². The average molecular weight is 367 g/mol. The van der Waals surface area contributed by atoms with E-state index in [1.54, 1.807) is 6.08 Å². The zero-order chi connectivity index (χ0) is 14.4. The van der Waals surface area contributed by atoms with E-state index in [0.717, 1.165) is 27.3 Å². The van der Waals surface area contributed by atoms with Gasteiger partial charge in [0.25, 0.3) is 0 Å². The molecule has 0 saturated carbocycles. The second-order valence-electron chi connectivity index (χ2n) is 4.70. The Morgan fingerprint density at radius 1 is 1.57 bits per heavy atom. The zero-order valence-electron chi connectivity index (χ0n) is 11.7. The van der Waals surface area contributed by atoms with Gasteiger partial charge < -0.3 is 10.2 Å². The van der Waals surface area contributed by atoms with Crippen molar-refractivity contribution in [2.45, 2.75) is 19.0 Å². The monoisotopic (exact) mass is 366 g/mol. The summed E-state index contributed by atoms with van der Waals surface area (Å²) in [4.78, 5) is 15.4. The molecule has 21 heavy (non-hydrogen) atoms. The van der Waals surface area contributed by atoms with E-state index in [9.17, 15) is 4.79 Å². The molecule has 1 aliphatic heterocycles. The summed E-state index contributed by atoms with van der Waals surface area (Å²) in [6.45, 7) is 5.92. The third-order valence-electron chi connectivity index (χ3n) is 3.10. The van der Waals surface area contributed by atoms with Crippen molar-refractivity contribution in [2.75, 3.05) is 24.6 Å². The van der Waals surface area contributed by atoms with Crippen molar-refractivity contribution in [2.24, 2.45) is 0 Å². The summed E-state index contributed by atoms with van der Waals surface area (Å²) >= 11 is 9.37. The number of rotatable bonds is 6. The minimum Gasteiger partial charge on any atom is -0.334 e. The molecule has 2 rings (SSSR count). The number of halogens is 2. The lowest BCUT2D eigenvalue weighted by molar-refractivity contribution is -0.131. The molecule has 1 atom stereocenters. The van der Waals surface area contributed by atoms with Crippen LogP contribution in [0.5, 0.6) is 0 Å². The molecule has 7 heteroatoms. The maximum absolute atomic E-state index is 12.4. The fraction of sp³-hybridized carbons (Fsp3) is 0.500. The second kappa shape index (κ2) is 9.74. The fourth-order valence-electron chi connectivity index (χ4n) is 2.13. The van der Waals surface area contributed by atoms with Crippen LogP contribution < -0.4 is 5.32 Å². The van der Waals surface area contributed by atoms with E-state index in [4.69, 9.17) is 11.6 Å². The Morgan fingerprint density at radius 2 is 2.38 bits per heavy atom. The quantitative estimate of drug-likeness (QED) is 0.782. The van der Waals surface area contributed by atoms with E-state index < -0.39 is 0 Å². The Labute approximate surface area is 145 Å². The van der Waals surface area contributed by atoms with Crippen LogP contribution in [0.3, 0.4) is 0 Å². The minimum atomic E-state index is 0. The third kappa shape index (κ3) is 6.20. The molecule has 1 N–H and O–H groups in total. The Morgan fingerprint density at radius 3 is 2.95 bits per heavy atom. The van der Waals surface area contributed by atoms with Crippen LogP contribution in [0.2, 0.25) is 4.34 Å². The summed E-state index contributed by atoms with van der Waals surface area (Å²) in [5.74, 6) is 2.32. The number of hydrogen-bond donors (Lipinski definition) is 1. The molecule has 0 aliphatic carbocycles. The van der Waals surface area contributed by atoms with Crippen molar-refractivity contribution in [1.82, 2.24) is 10.2 Å². The number of carbonyl (C=O) groups excluding carboxylic acids is 1. The third-order valence-corrected chi connectivity index (χ3v) is 5.44. The molecule has 0 radical (unpaired) electrons. The first-order valence-electron chi connectivity index (χ1n) is 6.63. The van der Waals surface area contributed by atoms with Gasteiger partial charge in [0.1, 0.15) is 0 Å². The molecule has 0 spiro atoms. The van der Waals surface area contributed by atoms with Crippen molar-refractivity contribution < 1.29 is 4.79 Å². The Balaban J connectivity index is 0.00000220. The summed E-state index contributed by atoms with van der Waals surface area (Å²) in [5.41, 5.74) is 0. The van der Waals surface area contributed by atoms with Crippen molar-refractivity contribution in [3.05, 3.63) is 34.0 Å². The highest BCUT2D eigenvalue weighted by molar-refractivity contribution is 7.99. The van der Waals surface area contributed by atoms with E-state index >= 15 is 0 Å². The van der Waals surface area contributed by atoms with Crippen molar-refractivity contribution in [3.8, 4) is 0 Å². The summed E-state index contributed by atoms with van der Waals surface area (Å²) in [5, 5.41) is 3.40. The minimum absolute atomic E-state index is 0. The highest BCUT2D eigenvalue weighted by atomic mass is 35.5. The Kier molecular flexibility index (Phi) is 8.74. The van der Waals surface area contributed by atoms with Crippen LogP contribution in [0.4, 0.5) is 0 Å². The number of hydrogen-bond acceptors (Lipinski definition) is 4. The van der Waals surface area contributed by atoms with Gasteiger partial charge in [-0.15, -0.1) is 30.3 Å². The van der Waals surface area contributed by atoms with E-state index in [1.807, 2.05) is 28.8 Å². The van der Waals surface area contributed by atoms with Gasteiger partial charge in [0.15, 0.2) is 0 Å². The molecule has 1 aliphatic rings. The normalized spacial score (nSPS) is 17.9. The summed E-state index contributed by atoms with van der Waals surface area (Å²) < 4.78 is 0.761. The molecule has 1 unspecified atom stereocenters. The van der Waals surface area contributed by atoms with Gasteiger partial charge in [-0.1, -0.05) is 17.7 Å². The molecule has 1 amide bonds. The number of nitrogens with zero attached hydrogens (tertiary/aromatic N) is 1. The van der Waals surface area contributed by atoms with Gasteiger partial charge in [-0.25, -0.2) is 0 Å². The van der Waals surface area contributed by atoms with Gasteiger partial charge in [0.05, 0.1) is 10.9 Å². The molecule has 1 aromatic rings. The van der Waals surface area contributed by atoms with Crippen molar-refractivity contribution in [1.29, 1.82) is 0 Å². The summed E-state index contributed by atoms with van der Waals surface area (Å²) in [7, 11) is 0. The van der Waals surface area contributed by atoms with Crippen LogP contribution in [0.15, 0.2) is 24.8 Å². The maximum atomic E-state index is 12.4. The smallest absolute Gasteiger partial charge is 0.224 e. The molecular weight excluding hydrogens is 347 g/mol. The highest BCUT2D eigenvalue weighted by Gasteiger charge is 2.20. The fourth-order valence-corrected chi connectivity index (χ4v) is 4.18. The van der Waals surface area contributed by atoms with Gasteiger partial charge >= 0.3 is 0 Å². The predicted octanol–water partition coefficient (Wildman–Crippen LogP) is 3.43. The first-order chi connectivity index (χ1) is 9.69. The van der Waals surface area contributed by atoms with Crippen LogP contribution in [0.25, 0.3) is 0 Å². The van der Waals surface area contributed by atoms with Crippen molar-refractivity contribution >= 4 is 53.0 Å². The molecule has 0 bridgehead atoms. The number of carbonyl (C=O) groups is 1. The largest absolute Gasteiger partial charge is 0.334 e. The molecule has 1 aromatic heterocycles. The van der Waals surface area contributed by atoms with E-state index in [-0.39, 0.29) is 18.3 Å². The lowest BCUT2D eigenvalue weighted by Crippen LogP contribution is -2.42. The van der Waals surface area contributed by atoms with Gasteiger partial charge in [-0.05, 0) is 12.1 Å². The molecule has 2 heterocycles. The zero-order valence-corrected chi connectivity index (χ0v) is 14.9. The first kappa shape index (κ1) is 18.8. The van der Waals surface area contributed by atoms with Crippen LogP contribution >= 0.6 is 47.1 Å². The second-order valence-corrected chi connectivity index (χ2v) is 7.65. The van der Waals surface area contributed by atoms with Gasteiger partial charge in [0, 0.05) is 41.9 Å². The van der Waals surface area contributed by atoms with Crippen LogP contribution in [-0.2, 0) is 11.3 Å². The molecule has 1 fully saturated rings. The SMILES string of the molecule is C=CCN(Cc1ccc(Cl)s1)C(=O)CC1CSCCN1.Cl. The summed E-state index contributed by atoms with van der Waals surface area (Å²) in [6, 6.07) is 4.14. The van der Waals surface area contributed by atoms with Gasteiger partial charge in [-0.2, -0.15) is 11.8 Å². The number of thioether (sulfide) groups is 1. The van der Waals surface area contributed by atoms with Crippen molar-refractivity contribution in [3.63, 3.8) is 0 Å². The standard InChI is InChI=1S/C14H19ClN2OS2.ClH/c1-2-6-17(9-12-3-4-13(15)20-12)14(18)8-11-10-19-7-5-16-11;/h2-4,11,16H,1,5-10H2;1H. The van der Waals surface area contributed by atoms with Crippen LogP contribution in [0, 0.1) is 0 Å². The Bertz CT molecular complexity index is 462. The molecular formula is C14H20Cl2N2OS2. The van der Waals surface area contributed by atoms with E-state index in [1.165, 1.54) is 11.3 Å². The van der Waals surface area contributed by atoms with Gasteiger partial charge in [-0.3, -0.25) is 4.79 Å². The molecule has 0 aromatic carbocycles. The molecule has 1 saturated heterocycles. The van der Waals surface area contributed by atoms with Crippen LogP contribution in [-0.4, -0.2) is 41.4 Å². The maximum Gasteiger partial charge on any atom is 0.224 e. The average Bonchev–Trinajstić information content (AvgIpc) is 2.85. The van der Waals surface area contributed by atoms with E-state index in [0.29, 0.717) is 25.6 Å². The first-order valence-corrected chi connectivity index (χ1v) is 8.98. The lowest BCUT2D eigenvalue weighted by Gasteiger charge is -2.26. The summed E-state index contributed by atoms with van der Waals surface area (Å²) in [6.07, 6.45) is 2.33. The molecule has 118 valence electrons. The van der Waals surface area contributed by atoms with E-state index in [2.05, 4.69) is 11.9 Å². The number of nitrogens with one attached hydrogen (secondary N) is 1. The highest BCUT2D eigenvalue weighted by Crippen LogP contribution is 2.23. The predicted molar refractivity (Wildman–Crippen MR) is 95.9 cm³/mol. The topological polar surface area (TPSA) is 32.3 Å². The van der Waals surface area contributed by atoms with Crippen LogP contribution in [0.1, 0.15) is 11.3 Å². The number of amides is 1. The number of thiophene rings is 1. The lowest BCUT2D eigenvalue weighted by atomic mass is 10.2. The Hall–Kier alpha value is -0.200.